The Labute approximate surface area is 229 Å². The zero-order valence-corrected chi connectivity index (χ0v) is 22.6. The number of hydrogen-bond donors (Lipinski definition) is 9. The Hall–Kier alpha value is -2.56. The number of primary amides is 1. The summed E-state index contributed by atoms with van der Waals surface area (Å²) in [6, 6.07) is 1.91. The van der Waals surface area contributed by atoms with E-state index in [0.717, 1.165) is 0 Å². The van der Waals surface area contributed by atoms with E-state index >= 15 is 0 Å². The van der Waals surface area contributed by atoms with Crippen LogP contribution in [0.15, 0.2) is 30.5 Å². The first-order chi connectivity index (χ1) is 18.4. The van der Waals surface area contributed by atoms with Crippen LogP contribution in [0.25, 0.3) is 0 Å². The zero-order valence-electron chi connectivity index (χ0n) is 22.6. The highest BCUT2D eigenvalue weighted by Crippen LogP contribution is 2.84. The zero-order chi connectivity index (χ0) is 29.5. The molecule has 0 aromatic carbocycles. The Morgan fingerprint density at radius 3 is 2.48 bits per heavy atom. The average Bonchev–Trinajstić information content (AvgIpc) is 3.44. The van der Waals surface area contributed by atoms with Gasteiger partial charge in [0.05, 0.1) is 5.41 Å². The van der Waals surface area contributed by atoms with Crippen molar-refractivity contribution in [3.63, 3.8) is 0 Å². The second kappa shape index (κ2) is 7.44. The minimum atomic E-state index is -2.86. The van der Waals surface area contributed by atoms with E-state index in [-0.39, 0.29) is 24.1 Å². The molecule has 5 fully saturated rings. The van der Waals surface area contributed by atoms with Crippen LogP contribution in [0.3, 0.4) is 0 Å². The highest BCUT2D eigenvalue weighted by Gasteiger charge is 3.04. The fourth-order valence-corrected chi connectivity index (χ4v) is 8.91. The smallest absolute Gasteiger partial charge is 0.355 e. The van der Waals surface area contributed by atoms with Gasteiger partial charge < -0.3 is 50.5 Å². The fourth-order valence-electron chi connectivity index (χ4n) is 8.91. The van der Waals surface area contributed by atoms with Crippen LogP contribution in [0, 0.1) is 16.7 Å². The Kier molecular flexibility index (Phi) is 5.13. The number of urea groups is 1. The molecule has 14 heteroatoms. The number of ether oxygens (including phenoxy) is 3. The van der Waals surface area contributed by atoms with Crippen molar-refractivity contribution in [1.82, 2.24) is 15.8 Å². The van der Waals surface area contributed by atoms with Gasteiger partial charge in [0, 0.05) is 12.6 Å². The molecule has 1 aliphatic carbocycles. The molecule has 10 atom stereocenters. The van der Waals surface area contributed by atoms with Crippen LogP contribution < -0.4 is 16.6 Å². The number of hydrazine groups is 1. The second-order valence-corrected chi connectivity index (χ2v) is 12.6. The maximum absolute atomic E-state index is 13.4. The third kappa shape index (κ3) is 2.36. The number of esters is 1. The molecular weight excluding hydrogens is 528 g/mol. The first-order valence-corrected chi connectivity index (χ1v) is 13.2. The van der Waals surface area contributed by atoms with E-state index in [1.807, 2.05) is 0 Å². The van der Waals surface area contributed by atoms with Gasteiger partial charge in [0.1, 0.15) is 28.4 Å². The summed E-state index contributed by atoms with van der Waals surface area (Å²) in [7, 11) is 0. The van der Waals surface area contributed by atoms with Crippen LogP contribution >= 0.6 is 0 Å². The molecule has 4 aliphatic heterocycles. The fraction of sp³-hybridized carbons (Fsp3) is 0.692. The van der Waals surface area contributed by atoms with E-state index in [4.69, 9.17) is 19.9 Å². The summed E-state index contributed by atoms with van der Waals surface area (Å²) in [6.07, 6.45) is -2.60. The van der Waals surface area contributed by atoms with Crippen LogP contribution in [-0.4, -0.2) is 88.8 Å². The minimum absolute atomic E-state index is 0.0160. The number of carbonyl (C=O) groups excluding carboxylic acids is 2. The molecule has 10 N–H and O–H groups in total. The molecule has 40 heavy (non-hydrogen) atoms. The summed E-state index contributed by atoms with van der Waals surface area (Å²) < 4.78 is 18.7. The van der Waals surface area contributed by atoms with E-state index in [9.17, 15) is 35.1 Å². The summed E-state index contributed by atoms with van der Waals surface area (Å²) in [4.78, 5) is 28.2. The van der Waals surface area contributed by atoms with Crippen molar-refractivity contribution in [3.8, 4) is 0 Å². The number of aliphatic hydroxyl groups is 5. The van der Waals surface area contributed by atoms with Gasteiger partial charge in [0.15, 0.2) is 23.2 Å². The molecule has 14 nitrogen and oxygen atoms in total. The number of nitrogens with two attached hydrogens (primary N) is 1. The monoisotopic (exact) mass is 564 g/mol. The summed E-state index contributed by atoms with van der Waals surface area (Å²) in [5, 5.41) is 62.3. The van der Waals surface area contributed by atoms with Gasteiger partial charge in [0.25, 0.3) is 0 Å². The van der Waals surface area contributed by atoms with E-state index in [1.54, 1.807) is 19.9 Å². The largest absolute Gasteiger partial charge is 0.450 e. The number of nitrogens with one attached hydrogen (secondary N) is 3. The lowest BCUT2D eigenvalue weighted by molar-refractivity contribution is -0.521. The lowest BCUT2D eigenvalue weighted by Gasteiger charge is -2.75. The van der Waals surface area contributed by atoms with Gasteiger partial charge in [-0.3, -0.25) is 5.43 Å². The van der Waals surface area contributed by atoms with Gasteiger partial charge in [-0.15, -0.1) is 0 Å². The molecule has 5 bridgehead atoms. The van der Waals surface area contributed by atoms with E-state index in [0.29, 0.717) is 0 Å². The van der Waals surface area contributed by atoms with E-state index < -0.39 is 81.5 Å². The maximum atomic E-state index is 13.4. The highest BCUT2D eigenvalue weighted by atomic mass is 16.8. The van der Waals surface area contributed by atoms with Crippen molar-refractivity contribution in [3.05, 3.63) is 36.2 Å². The number of amides is 2. The van der Waals surface area contributed by atoms with Crippen molar-refractivity contribution in [2.75, 3.05) is 0 Å². The summed E-state index contributed by atoms with van der Waals surface area (Å²) in [6.45, 7) is 9.85. The molecule has 5 heterocycles. The molecule has 1 saturated carbocycles. The summed E-state index contributed by atoms with van der Waals surface area (Å²) in [5.41, 5.74) is -3.04. The number of aromatic amines is 1. The predicted octanol–water partition coefficient (Wildman–Crippen LogP) is -1.16. The maximum Gasteiger partial charge on any atom is 0.355 e. The third-order valence-electron chi connectivity index (χ3n) is 11.0. The van der Waals surface area contributed by atoms with Crippen molar-refractivity contribution < 1.29 is 49.3 Å². The number of H-pyrrole nitrogens is 1. The van der Waals surface area contributed by atoms with Gasteiger partial charge in [-0.25, -0.2) is 9.59 Å². The molecule has 2 amide bonds. The molecular formula is C26H36N4O10. The number of rotatable bonds is 5. The van der Waals surface area contributed by atoms with Crippen molar-refractivity contribution in [1.29, 1.82) is 0 Å². The summed E-state index contributed by atoms with van der Waals surface area (Å²) in [5.74, 6) is -7.15. The summed E-state index contributed by atoms with van der Waals surface area (Å²) >= 11 is 0. The van der Waals surface area contributed by atoms with Crippen LogP contribution in [-0.2, 0) is 14.2 Å². The highest BCUT2D eigenvalue weighted by molar-refractivity contribution is 5.87. The van der Waals surface area contributed by atoms with Gasteiger partial charge in [0.2, 0.25) is 5.79 Å². The molecule has 4 saturated heterocycles. The van der Waals surface area contributed by atoms with Gasteiger partial charge in [-0.05, 0) is 43.4 Å². The third-order valence-corrected chi connectivity index (χ3v) is 11.0. The molecule has 1 aromatic heterocycles. The molecule has 6 rings (SSSR count). The number of hydrogen-bond acceptors (Lipinski definition) is 11. The van der Waals surface area contributed by atoms with Crippen LogP contribution in [0.2, 0.25) is 0 Å². The predicted molar refractivity (Wildman–Crippen MR) is 133 cm³/mol. The molecule has 1 aromatic rings. The van der Waals surface area contributed by atoms with Crippen LogP contribution in [0.4, 0.5) is 4.79 Å². The molecule has 1 spiro atoms. The van der Waals surface area contributed by atoms with Crippen molar-refractivity contribution in [2.24, 2.45) is 22.5 Å². The van der Waals surface area contributed by atoms with Gasteiger partial charge in [-0.1, -0.05) is 27.4 Å². The van der Waals surface area contributed by atoms with Crippen LogP contribution in [0.5, 0.6) is 0 Å². The standard InChI is InChI=1S/C26H36N4O10/c1-12(2)23(36)17(38-16(32)14-7-6-10-28-14)25(30-29-18(27)33)19(4)11-22(35)20(23,5)26(37,40-25)24(39-22)15(31)13(3)8-9-21(19,24)34/h6-7,10,12,15,17,28,30-31,34-37H,3,8-9,11H2,1-2,4-5H3,(H3,27,29,33)/t15-,17-,19+,20+,21+,22+,23-,24-,25-,26-/m1/s1. The van der Waals surface area contributed by atoms with Gasteiger partial charge in [-0.2, -0.15) is 5.43 Å². The number of aliphatic hydroxyl groups excluding tert-OH is 1. The lowest BCUT2D eigenvalue weighted by atomic mass is 9.43. The lowest BCUT2D eigenvalue weighted by Crippen LogP contribution is -2.97. The number of aromatic nitrogens is 1. The normalized spacial score (nSPS) is 52.1. The molecule has 0 radical (unpaired) electrons. The molecule has 220 valence electrons. The second-order valence-electron chi connectivity index (χ2n) is 12.6. The van der Waals surface area contributed by atoms with E-state index in [1.165, 1.54) is 26.1 Å². The van der Waals surface area contributed by atoms with Crippen LogP contribution in [0.1, 0.15) is 57.4 Å². The quantitative estimate of drug-likeness (QED) is 0.118. The van der Waals surface area contributed by atoms with Crippen molar-refractivity contribution >= 4 is 12.0 Å². The minimum Gasteiger partial charge on any atom is -0.450 e. The SMILES string of the molecule is C=C1CC[C@]2(O)[C@]3(C)C[C@]4(O)O[C@@]2([C@@H]1O)[C@]1(O)O[C@]3(NNC(N)=O)[C@H](OC(=O)c2ccc[nH]2)[C@](O)(C(C)C)[C@@]14C. The number of carbonyl (C=O) groups is 2. The topological polar surface area (TPSA) is 229 Å². The van der Waals surface area contributed by atoms with Crippen molar-refractivity contribution in [2.45, 2.75) is 93.3 Å². The molecule has 0 unspecified atom stereocenters. The number of fused-ring (bicyclic) bond motifs is 4. The Morgan fingerprint density at radius 1 is 1.23 bits per heavy atom. The first-order valence-electron chi connectivity index (χ1n) is 13.2. The first kappa shape index (κ1) is 27.6. The Bertz CT molecular complexity index is 1320. The Balaban J connectivity index is 1.72. The Morgan fingerprint density at radius 2 is 1.90 bits per heavy atom. The molecule has 5 aliphatic rings. The average molecular weight is 565 g/mol. The van der Waals surface area contributed by atoms with E-state index in [2.05, 4.69) is 22.4 Å². The van der Waals surface area contributed by atoms with Gasteiger partial charge >= 0.3 is 12.0 Å².